The molecule has 0 bridgehead atoms. The van der Waals surface area contributed by atoms with Gasteiger partial charge in [0.15, 0.2) is 12.2 Å². The second-order valence-electron chi connectivity index (χ2n) is 6.86. The summed E-state index contributed by atoms with van der Waals surface area (Å²) in [6, 6.07) is 6.46. The van der Waals surface area contributed by atoms with Crippen molar-refractivity contribution in [3.63, 3.8) is 0 Å². The molecule has 0 N–H and O–H groups in total. The Morgan fingerprint density at radius 1 is 0.750 bits per heavy atom. The van der Waals surface area contributed by atoms with Crippen LogP contribution in [0.15, 0.2) is 24.3 Å². The zero-order valence-electron chi connectivity index (χ0n) is 18.4. The third kappa shape index (κ3) is 7.12. The van der Waals surface area contributed by atoms with Gasteiger partial charge in [0.1, 0.15) is 24.2 Å². The molecule has 1 aliphatic rings. The number of methoxy groups -OCH3 is 1. The largest absolute Gasteiger partial charge is 0.497 e. The van der Waals surface area contributed by atoms with Crippen LogP contribution in [0.5, 0.6) is 11.5 Å². The Balaban J connectivity index is 2.42. The zero-order chi connectivity index (χ0) is 23.8. The molecule has 1 aromatic rings. The number of carbonyl (C=O) groups is 4. The van der Waals surface area contributed by atoms with E-state index >= 15 is 0 Å². The first-order valence-electron chi connectivity index (χ1n) is 9.72. The molecule has 0 spiro atoms. The van der Waals surface area contributed by atoms with Crippen LogP contribution < -0.4 is 9.47 Å². The van der Waals surface area contributed by atoms with Gasteiger partial charge in [-0.25, -0.2) is 0 Å². The maximum atomic E-state index is 11.8. The molecule has 11 nitrogen and oxygen atoms in total. The lowest BCUT2D eigenvalue weighted by atomic mass is 9.98. The first kappa shape index (κ1) is 24.9. The van der Waals surface area contributed by atoms with E-state index in [4.69, 9.17) is 33.2 Å². The van der Waals surface area contributed by atoms with Gasteiger partial charge in [0.25, 0.3) is 0 Å². The van der Waals surface area contributed by atoms with Crippen LogP contribution in [-0.2, 0) is 42.9 Å². The third-order valence-electron chi connectivity index (χ3n) is 4.26. The molecule has 0 unspecified atom stereocenters. The van der Waals surface area contributed by atoms with Gasteiger partial charge in [-0.05, 0) is 24.3 Å². The summed E-state index contributed by atoms with van der Waals surface area (Å²) in [7, 11) is 1.51. The lowest BCUT2D eigenvalue weighted by molar-refractivity contribution is -0.288. The number of rotatable bonds is 8. The van der Waals surface area contributed by atoms with Crippen molar-refractivity contribution >= 4 is 23.9 Å². The van der Waals surface area contributed by atoms with E-state index in [9.17, 15) is 19.2 Å². The highest BCUT2D eigenvalue weighted by Gasteiger charge is 2.53. The van der Waals surface area contributed by atoms with E-state index in [1.807, 2.05) is 0 Å². The number of hydrogen-bond acceptors (Lipinski definition) is 11. The lowest BCUT2D eigenvalue weighted by Crippen LogP contribution is -2.63. The Hall–Kier alpha value is -3.34. The van der Waals surface area contributed by atoms with Gasteiger partial charge in [0.05, 0.1) is 7.11 Å². The molecule has 0 saturated carbocycles. The normalized spacial score (nSPS) is 24.6. The number of ether oxygens (including phenoxy) is 7. The highest BCUT2D eigenvalue weighted by atomic mass is 16.7. The van der Waals surface area contributed by atoms with Crippen LogP contribution >= 0.6 is 0 Å². The second kappa shape index (κ2) is 11.3. The molecule has 1 saturated heterocycles. The van der Waals surface area contributed by atoms with E-state index in [0.29, 0.717) is 11.5 Å². The fourth-order valence-electron chi connectivity index (χ4n) is 3.07. The highest BCUT2D eigenvalue weighted by Crippen LogP contribution is 2.31. The molecule has 1 heterocycles. The van der Waals surface area contributed by atoms with E-state index in [1.54, 1.807) is 24.3 Å². The van der Waals surface area contributed by atoms with Crippen molar-refractivity contribution in [2.75, 3.05) is 13.7 Å². The molecule has 32 heavy (non-hydrogen) atoms. The highest BCUT2D eigenvalue weighted by molar-refractivity contribution is 5.68. The van der Waals surface area contributed by atoms with Gasteiger partial charge in [-0.1, -0.05) is 0 Å². The van der Waals surface area contributed by atoms with Crippen molar-refractivity contribution in [3.05, 3.63) is 24.3 Å². The van der Waals surface area contributed by atoms with Crippen LogP contribution in [0, 0.1) is 0 Å². The molecule has 1 aromatic carbocycles. The second-order valence-corrected chi connectivity index (χ2v) is 6.86. The quantitative estimate of drug-likeness (QED) is 0.414. The molecular formula is C21H26O11. The predicted molar refractivity (Wildman–Crippen MR) is 106 cm³/mol. The predicted octanol–water partition coefficient (Wildman–Crippen LogP) is 1.16. The number of benzene rings is 1. The van der Waals surface area contributed by atoms with Gasteiger partial charge >= 0.3 is 23.9 Å². The molecule has 0 amide bonds. The van der Waals surface area contributed by atoms with Crippen LogP contribution in [0.2, 0.25) is 0 Å². The molecule has 1 fully saturated rings. The average molecular weight is 454 g/mol. The van der Waals surface area contributed by atoms with E-state index in [0.717, 1.165) is 20.8 Å². The SMILES string of the molecule is COc1ccc(O[C@@H]2O[C@@H](COC(C)=O)[C@H](OC(C)=O)[C@H](OC(C)=O)[C@@H]2OC(C)=O)cc1. The number of hydrogen-bond donors (Lipinski definition) is 0. The topological polar surface area (TPSA) is 133 Å². The minimum Gasteiger partial charge on any atom is -0.497 e. The molecule has 0 radical (unpaired) electrons. The summed E-state index contributed by atoms with van der Waals surface area (Å²) in [5.74, 6) is -1.83. The van der Waals surface area contributed by atoms with Crippen LogP contribution in [0.4, 0.5) is 0 Å². The summed E-state index contributed by atoms with van der Waals surface area (Å²) >= 11 is 0. The Bertz CT molecular complexity index is 820. The minimum atomic E-state index is -1.29. The Kier molecular flexibility index (Phi) is 8.82. The molecule has 1 aliphatic heterocycles. The fourth-order valence-corrected chi connectivity index (χ4v) is 3.07. The summed E-state index contributed by atoms with van der Waals surface area (Å²) in [5, 5.41) is 0. The standard InChI is InChI=1S/C21H26O11/c1-11(22)27-10-17-18(28-12(2)23)19(29-13(3)24)20(30-14(4)25)21(32-17)31-16-8-6-15(26-5)7-9-16/h6-9,17-21H,10H2,1-5H3/t17-,18-,19-,20-,21+/m0/s1. The van der Waals surface area contributed by atoms with Gasteiger partial charge in [-0.3, -0.25) is 19.2 Å². The van der Waals surface area contributed by atoms with E-state index in [1.165, 1.54) is 14.0 Å². The Labute approximate surface area is 184 Å². The van der Waals surface area contributed by atoms with Crippen molar-refractivity contribution in [3.8, 4) is 11.5 Å². The van der Waals surface area contributed by atoms with Crippen LogP contribution in [0.25, 0.3) is 0 Å². The van der Waals surface area contributed by atoms with Crippen molar-refractivity contribution in [1.82, 2.24) is 0 Å². The molecular weight excluding hydrogens is 428 g/mol. The summed E-state index contributed by atoms with van der Waals surface area (Å²) in [6.45, 7) is 4.31. The van der Waals surface area contributed by atoms with Crippen molar-refractivity contribution in [2.45, 2.75) is 58.4 Å². The molecule has 176 valence electrons. The maximum Gasteiger partial charge on any atom is 0.303 e. The Morgan fingerprint density at radius 2 is 1.25 bits per heavy atom. The van der Waals surface area contributed by atoms with Gasteiger partial charge in [0.2, 0.25) is 12.4 Å². The summed E-state index contributed by atoms with van der Waals surface area (Å²) in [4.78, 5) is 46.6. The van der Waals surface area contributed by atoms with E-state index in [-0.39, 0.29) is 6.61 Å². The summed E-state index contributed by atoms with van der Waals surface area (Å²) < 4.78 is 37.8. The van der Waals surface area contributed by atoms with Crippen LogP contribution in [0.1, 0.15) is 27.7 Å². The van der Waals surface area contributed by atoms with Crippen LogP contribution in [0.3, 0.4) is 0 Å². The molecule has 0 aliphatic carbocycles. The van der Waals surface area contributed by atoms with Gasteiger partial charge in [-0.15, -0.1) is 0 Å². The van der Waals surface area contributed by atoms with E-state index < -0.39 is 54.6 Å². The van der Waals surface area contributed by atoms with Crippen LogP contribution in [-0.4, -0.2) is 68.3 Å². The van der Waals surface area contributed by atoms with E-state index in [2.05, 4.69) is 0 Å². The summed E-state index contributed by atoms with van der Waals surface area (Å²) in [5.41, 5.74) is 0. The van der Waals surface area contributed by atoms with Gasteiger partial charge < -0.3 is 33.2 Å². The van der Waals surface area contributed by atoms with Crippen molar-refractivity contribution in [1.29, 1.82) is 0 Å². The molecule has 0 aromatic heterocycles. The smallest absolute Gasteiger partial charge is 0.303 e. The first-order valence-corrected chi connectivity index (χ1v) is 9.72. The molecule has 5 atom stereocenters. The Morgan fingerprint density at radius 3 is 1.75 bits per heavy atom. The number of carbonyl (C=O) groups excluding carboxylic acids is 4. The summed E-state index contributed by atoms with van der Waals surface area (Å²) in [6.07, 6.45) is -6.20. The van der Waals surface area contributed by atoms with Gasteiger partial charge in [0, 0.05) is 27.7 Å². The fraction of sp³-hybridized carbons (Fsp3) is 0.524. The first-order chi connectivity index (χ1) is 15.1. The average Bonchev–Trinajstić information content (AvgIpc) is 2.70. The minimum absolute atomic E-state index is 0.326. The third-order valence-corrected chi connectivity index (χ3v) is 4.26. The number of esters is 4. The van der Waals surface area contributed by atoms with Crippen molar-refractivity contribution in [2.24, 2.45) is 0 Å². The van der Waals surface area contributed by atoms with Gasteiger partial charge in [-0.2, -0.15) is 0 Å². The lowest BCUT2D eigenvalue weighted by Gasteiger charge is -2.43. The maximum absolute atomic E-state index is 11.8. The zero-order valence-corrected chi connectivity index (χ0v) is 18.4. The monoisotopic (exact) mass is 454 g/mol. The van der Waals surface area contributed by atoms with Crippen molar-refractivity contribution < 1.29 is 52.3 Å². The molecule has 11 heteroatoms. The molecule has 2 rings (SSSR count).